The summed E-state index contributed by atoms with van der Waals surface area (Å²) in [5.74, 6) is 0.680. The molecule has 1 aliphatic rings. The van der Waals surface area contributed by atoms with E-state index in [0.717, 1.165) is 12.8 Å². The van der Waals surface area contributed by atoms with Gasteiger partial charge in [0.05, 0.1) is 10.6 Å². The molecule has 0 aliphatic heterocycles. The molecular weight excluding hydrogens is 196 g/mol. The van der Waals surface area contributed by atoms with E-state index in [0.29, 0.717) is 22.1 Å². The second-order valence-corrected chi connectivity index (χ2v) is 5.84. The lowest BCUT2D eigenvalue weighted by Crippen LogP contribution is -2.09. The summed E-state index contributed by atoms with van der Waals surface area (Å²) in [4.78, 5) is 0.395. The molecule has 0 unspecified atom stereocenters. The van der Waals surface area contributed by atoms with Crippen molar-refractivity contribution in [3.8, 4) is 0 Å². The molecule has 0 bridgehead atoms. The molecule has 0 N–H and O–H groups in total. The van der Waals surface area contributed by atoms with Crippen molar-refractivity contribution in [1.82, 2.24) is 0 Å². The molecule has 14 heavy (non-hydrogen) atoms. The highest BCUT2D eigenvalue weighted by molar-refractivity contribution is 7.91. The van der Waals surface area contributed by atoms with Crippen molar-refractivity contribution in [1.29, 1.82) is 0 Å². The summed E-state index contributed by atoms with van der Waals surface area (Å²) in [7, 11) is -3.09. The fraction of sp³-hybridized carbons (Fsp3) is 0.364. The summed E-state index contributed by atoms with van der Waals surface area (Å²) in [6.07, 6.45) is 2.11. The molecule has 0 amide bonds. The Kier molecular flexibility index (Phi) is 2.35. The van der Waals surface area contributed by atoms with Crippen molar-refractivity contribution in [3.05, 3.63) is 36.8 Å². The third kappa shape index (κ3) is 1.98. The lowest BCUT2D eigenvalue weighted by atomic mass is 10.2. The van der Waals surface area contributed by atoms with Gasteiger partial charge in [-0.2, -0.15) is 0 Å². The fourth-order valence-electron chi connectivity index (χ4n) is 1.49. The average molecular weight is 209 g/mol. The Morgan fingerprint density at radius 1 is 1.29 bits per heavy atom. The third-order valence-electron chi connectivity index (χ3n) is 2.46. The minimum atomic E-state index is -3.09. The van der Waals surface area contributed by atoms with Crippen molar-refractivity contribution >= 4 is 9.84 Å². The topological polar surface area (TPSA) is 34.1 Å². The first-order chi connectivity index (χ1) is 6.59. The highest BCUT2D eigenvalue weighted by Gasteiger charge is 2.29. The number of rotatable bonds is 3. The Bertz CT molecular complexity index is 430. The van der Waals surface area contributed by atoms with E-state index < -0.39 is 9.84 Å². The van der Waals surface area contributed by atoms with Gasteiger partial charge in [0.15, 0.2) is 9.84 Å². The van der Waals surface area contributed by atoms with Crippen LogP contribution in [-0.2, 0) is 9.84 Å². The molecule has 1 aliphatic carbocycles. The second-order valence-electron chi connectivity index (χ2n) is 3.83. The van der Waals surface area contributed by atoms with E-state index >= 15 is 0 Å². The van der Waals surface area contributed by atoms with Crippen LogP contribution in [0.1, 0.15) is 18.4 Å². The van der Waals surface area contributed by atoms with Crippen LogP contribution in [-0.4, -0.2) is 14.2 Å². The van der Waals surface area contributed by atoms with Gasteiger partial charge >= 0.3 is 0 Å². The molecule has 2 rings (SSSR count). The lowest BCUT2D eigenvalue weighted by Gasteiger charge is -2.05. The van der Waals surface area contributed by atoms with Crippen LogP contribution in [0.5, 0.6) is 0 Å². The maximum absolute atomic E-state index is 11.9. The molecule has 1 saturated carbocycles. The van der Waals surface area contributed by atoms with Gasteiger partial charge in [-0.05, 0) is 37.3 Å². The maximum atomic E-state index is 11.9. The molecule has 1 fully saturated rings. The summed E-state index contributed by atoms with van der Waals surface area (Å²) < 4.78 is 23.7. The Labute approximate surface area is 84.9 Å². The van der Waals surface area contributed by atoms with Crippen molar-refractivity contribution in [2.75, 3.05) is 5.75 Å². The van der Waals surface area contributed by atoms with E-state index in [1.165, 1.54) is 0 Å². The van der Waals surface area contributed by atoms with E-state index in [1.54, 1.807) is 24.3 Å². The van der Waals surface area contributed by atoms with Crippen molar-refractivity contribution in [3.63, 3.8) is 0 Å². The summed E-state index contributed by atoms with van der Waals surface area (Å²) in [5, 5.41) is 0. The first kappa shape index (κ1) is 9.71. The van der Waals surface area contributed by atoms with E-state index in [4.69, 9.17) is 0 Å². The van der Waals surface area contributed by atoms with Gasteiger partial charge in [-0.3, -0.25) is 0 Å². The SMILES string of the molecule is [CH2]c1ccccc1S(=O)(=O)CC1CC1. The summed E-state index contributed by atoms with van der Waals surface area (Å²) in [5.41, 5.74) is 0.605. The van der Waals surface area contributed by atoms with Gasteiger partial charge in [-0.1, -0.05) is 18.2 Å². The smallest absolute Gasteiger partial charge is 0.178 e. The molecule has 2 nitrogen and oxygen atoms in total. The molecule has 0 saturated heterocycles. The van der Waals surface area contributed by atoms with Gasteiger partial charge < -0.3 is 0 Å². The Hall–Kier alpha value is -0.830. The Balaban J connectivity index is 2.33. The fourth-order valence-corrected chi connectivity index (χ4v) is 3.38. The van der Waals surface area contributed by atoms with Crippen molar-refractivity contribution < 1.29 is 8.42 Å². The van der Waals surface area contributed by atoms with Crippen LogP contribution < -0.4 is 0 Å². The number of sulfone groups is 1. The summed E-state index contributed by atoms with van der Waals surface area (Å²) >= 11 is 0. The molecule has 0 heterocycles. The Morgan fingerprint density at radius 3 is 2.50 bits per heavy atom. The molecular formula is C11H13O2S. The number of hydrogen-bond acceptors (Lipinski definition) is 2. The quantitative estimate of drug-likeness (QED) is 0.763. The molecule has 0 spiro atoms. The second kappa shape index (κ2) is 3.39. The van der Waals surface area contributed by atoms with Gasteiger partial charge in [0.25, 0.3) is 0 Å². The van der Waals surface area contributed by atoms with Crippen LogP contribution in [0.4, 0.5) is 0 Å². The van der Waals surface area contributed by atoms with Gasteiger partial charge in [-0.15, -0.1) is 0 Å². The highest BCUT2D eigenvalue weighted by atomic mass is 32.2. The first-order valence-corrected chi connectivity index (χ1v) is 6.38. The average Bonchev–Trinajstić information content (AvgIpc) is 2.88. The third-order valence-corrected chi connectivity index (χ3v) is 4.44. The van der Waals surface area contributed by atoms with Gasteiger partial charge in [0.2, 0.25) is 0 Å². The van der Waals surface area contributed by atoms with Gasteiger partial charge in [-0.25, -0.2) is 8.42 Å². The van der Waals surface area contributed by atoms with E-state index in [-0.39, 0.29) is 0 Å². The van der Waals surface area contributed by atoms with Crippen LogP contribution in [0.15, 0.2) is 29.2 Å². The van der Waals surface area contributed by atoms with Gasteiger partial charge in [0, 0.05) is 0 Å². The molecule has 1 aromatic carbocycles. The van der Waals surface area contributed by atoms with Crippen LogP contribution in [0.25, 0.3) is 0 Å². The predicted molar refractivity (Wildman–Crippen MR) is 55.7 cm³/mol. The minimum Gasteiger partial charge on any atom is -0.224 e. The van der Waals surface area contributed by atoms with Crippen LogP contribution in [0, 0.1) is 12.8 Å². The molecule has 0 aromatic heterocycles. The molecule has 3 heteroatoms. The zero-order valence-electron chi connectivity index (χ0n) is 7.94. The number of benzene rings is 1. The summed E-state index contributed by atoms with van der Waals surface area (Å²) in [6, 6.07) is 6.92. The monoisotopic (exact) mass is 209 g/mol. The normalized spacial score (nSPS) is 16.9. The maximum Gasteiger partial charge on any atom is 0.178 e. The van der Waals surface area contributed by atoms with E-state index in [2.05, 4.69) is 6.92 Å². The van der Waals surface area contributed by atoms with Crippen molar-refractivity contribution in [2.24, 2.45) is 5.92 Å². The number of hydrogen-bond donors (Lipinski definition) is 0. The summed E-state index contributed by atoms with van der Waals surface area (Å²) in [6.45, 7) is 3.74. The van der Waals surface area contributed by atoms with E-state index in [9.17, 15) is 8.42 Å². The zero-order chi connectivity index (χ0) is 10.2. The van der Waals surface area contributed by atoms with Crippen LogP contribution >= 0.6 is 0 Å². The lowest BCUT2D eigenvalue weighted by molar-refractivity contribution is 0.592. The van der Waals surface area contributed by atoms with Crippen LogP contribution in [0.2, 0.25) is 0 Å². The first-order valence-electron chi connectivity index (χ1n) is 4.73. The van der Waals surface area contributed by atoms with Crippen molar-refractivity contribution in [2.45, 2.75) is 17.7 Å². The Morgan fingerprint density at radius 2 is 1.93 bits per heavy atom. The minimum absolute atomic E-state index is 0.291. The van der Waals surface area contributed by atoms with E-state index in [1.807, 2.05) is 0 Å². The molecule has 75 valence electrons. The molecule has 0 atom stereocenters. The molecule has 1 radical (unpaired) electrons. The largest absolute Gasteiger partial charge is 0.224 e. The predicted octanol–water partition coefficient (Wildman–Crippen LogP) is 2.05. The highest BCUT2D eigenvalue weighted by Crippen LogP contribution is 2.32. The standard InChI is InChI=1S/C11H13O2S/c1-9-4-2-3-5-11(9)14(12,13)8-10-6-7-10/h2-5,10H,1,6-8H2. The zero-order valence-corrected chi connectivity index (χ0v) is 8.76. The molecule has 1 aromatic rings. The van der Waals surface area contributed by atoms with Gasteiger partial charge in [0.1, 0.15) is 0 Å². The van der Waals surface area contributed by atoms with Crippen LogP contribution in [0.3, 0.4) is 0 Å².